The van der Waals surface area contributed by atoms with Gasteiger partial charge in [0.05, 0.1) is 12.3 Å². The minimum Gasteiger partial charge on any atom is -0.372 e. The number of benzene rings is 2. The van der Waals surface area contributed by atoms with Gasteiger partial charge in [0, 0.05) is 33.6 Å². The van der Waals surface area contributed by atoms with Crippen LogP contribution in [0.1, 0.15) is 41.8 Å². The molecule has 6 heteroatoms. The van der Waals surface area contributed by atoms with Crippen molar-refractivity contribution < 1.29 is 14.3 Å². The molecular weight excluding hydrogens is 333 g/mol. The number of aliphatic hydroxyl groups is 1. The van der Waals surface area contributed by atoms with Crippen molar-refractivity contribution in [2.45, 2.75) is 31.7 Å². The van der Waals surface area contributed by atoms with Crippen LogP contribution in [0.4, 0.5) is 4.39 Å². The van der Waals surface area contributed by atoms with Crippen LogP contribution in [0, 0.1) is 5.82 Å². The number of H-pyrrole nitrogens is 1. The van der Waals surface area contributed by atoms with Crippen LogP contribution in [0.15, 0.2) is 36.4 Å². The van der Waals surface area contributed by atoms with E-state index in [4.69, 9.17) is 4.84 Å². The summed E-state index contributed by atoms with van der Waals surface area (Å²) in [6, 6.07) is 11.3. The summed E-state index contributed by atoms with van der Waals surface area (Å²) in [7, 11) is 0. The third-order valence-electron chi connectivity index (χ3n) is 5.39. The van der Waals surface area contributed by atoms with Crippen LogP contribution in [-0.4, -0.2) is 16.6 Å². The van der Waals surface area contributed by atoms with E-state index < -0.39 is 6.23 Å². The van der Waals surface area contributed by atoms with E-state index in [1.807, 2.05) is 30.3 Å². The Labute approximate surface area is 150 Å². The smallest absolute Gasteiger partial charge is 0.153 e. The number of halogens is 1. The molecule has 5 nitrogen and oxygen atoms in total. The number of hydrogen-bond acceptors (Lipinski definition) is 4. The molecule has 2 aliphatic rings. The number of rotatable bonds is 2. The van der Waals surface area contributed by atoms with E-state index in [1.165, 1.54) is 0 Å². The van der Waals surface area contributed by atoms with Gasteiger partial charge in [-0.3, -0.25) is 4.84 Å². The van der Waals surface area contributed by atoms with Crippen LogP contribution in [-0.2, 0) is 11.4 Å². The second-order valence-electron chi connectivity index (χ2n) is 6.95. The van der Waals surface area contributed by atoms with Gasteiger partial charge in [0.2, 0.25) is 0 Å². The highest BCUT2D eigenvalue weighted by atomic mass is 19.1. The van der Waals surface area contributed by atoms with Crippen molar-refractivity contribution in [3.63, 3.8) is 0 Å². The van der Waals surface area contributed by atoms with Crippen molar-refractivity contribution in [2.24, 2.45) is 0 Å². The molecule has 0 saturated carbocycles. The second-order valence-corrected chi connectivity index (χ2v) is 6.95. The lowest BCUT2D eigenvalue weighted by Crippen LogP contribution is -2.19. The molecule has 1 saturated heterocycles. The predicted molar refractivity (Wildman–Crippen MR) is 96.6 cm³/mol. The van der Waals surface area contributed by atoms with Crippen LogP contribution >= 0.6 is 0 Å². The van der Waals surface area contributed by atoms with Gasteiger partial charge in [-0.25, -0.2) is 4.39 Å². The quantitative estimate of drug-likeness (QED) is 0.570. The summed E-state index contributed by atoms with van der Waals surface area (Å²) < 4.78 is 15.0. The Morgan fingerprint density at radius 1 is 1.19 bits per heavy atom. The number of aromatic amines is 1. The molecule has 3 aromatic rings. The zero-order valence-corrected chi connectivity index (χ0v) is 14.2. The van der Waals surface area contributed by atoms with Gasteiger partial charge in [-0.1, -0.05) is 18.2 Å². The number of aliphatic hydroxyl groups excluding tert-OH is 1. The normalized spacial score (nSPS) is 22.7. The fourth-order valence-electron chi connectivity index (χ4n) is 4.12. The number of aromatic nitrogens is 1. The maximum Gasteiger partial charge on any atom is 0.153 e. The van der Waals surface area contributed by atoms with Crippen LogP contribution < -0.4 is 10.8 Å². The van der Waals surface area contributed by atoms with E-state index >= 15 is 0 Å². The van der Waals surface area contributed by atoms with Crippen molar-refractivity contribution >= 4 is 10.9 Å². The van der Waals surface area contributed by atoms with Gasteiger partial charge in [0.25, 0.3) is 0 Å². The topological polar surface area (TPSA) is 69.3 Å². The molecule has 1 aromatic heterocycles. The fourth-order valence-corrected chi connectivity index (χ4v) is 4.12. The highest BCUT2D eigenvalue weighted by Crippen LogP contribution is 2.38. The van der Waals surface area contributed by atoms with Crippen LogP contribution in [0.5, 0.6) is 0 Å². The van der Waals surface area contributed by atoms with E-state index in [-0.39, 0.29) is 18.5 Å². The van der Waals surface area contributed by atoms with Gasteiger partial charge < -0.3 is 15.4 Å². The van der Waals surface area contributed by atoms with Crippen molar-refractivity contribution in [2.75, 3.05) is 6.54 Å². The highest BCUT2D eigenvalue weighted by molar-refractivity contribution is 5.93. The lowest BCUT2D eigenvalue weighted by molar-refractivity contribution is -0.0631. The summed E-state index contributed by atoms with van der Waals surface area (Å²) in [5.74, 6) is -0.252. The SMILES string of the molecule is OC1NOCc2c(-c3ccc([C@@H]4CCCN4)cc3F)[nH]c3cccc1c23. The first-order valence-electron chi connectivity index (χ1n) is 8.94. The number of nitrogens with one attached hydrogen (secondary N) is 3. The zero-order valence-electron chi connectivity index (χ0n) is 14.2. The molecule has 0 radical (unpaired) electrons. The summed E-state index contributed by atoms with van der Waals surface area (Å²) in [6.07, 6.45) is 1.25. The minimum atomic E-state index is -0.913. The molecule has 0 spiro atoms. The Morgan fingerprint density at radius 3 is 2.92 bits per heavy atom. The molecule has 5 rings (SSSR count). The van der Waals surface area contributed by atoms with Crippen molar-refractivity contribution in [3.8, 4) is 11.3 Å². The summed E-state index contributed by atoms with van der Waals surface area (Å²) in [5, 5.41) is 14.5. The van der Waals surface area contributed by atoms with Gasteiger partial charge in [-0.15, -0.1) is 0 Å². The van der Waals surface area contributed by atoms with E-state index in [2.05, 4.69) is 15.8 Å². The first-order valence-corrected chi connectivity index (χ1v) is 8.94. The molecule has 134 valence electrons. The molecule has 0 amide bonds. The Hall–Kier alpha value is -2.25. The van der Waals surface area contributed by atoms with E-state index in [0.29, 0.717) is 11.3 Å². The standard InChI is InChI=1S/C20H20FN3O2/c21-15-9-11(16-5-2-8-22-16)6-7-12(15)19-14-10-26-24-20(25)13-3-1-4-17(23-19)18(13)14/h1,3-4,6-7,9,16,20,22-25H,2,5,8,10H2/t16-,20?/m0/s1. The Morgan fingerprint density at radius 2 is 2.12 bits per heavy atom. The molecule has 0 aliphatic carbocycles. The van der Waals surface area contributed by atoms with E-state index in [1.54, 1.807) is 6.07 Å². The predicted octanol–water partition coefficient (Wildman–Crippen LogP) is 3.42. The van der Waals surface area contributed by atoms with Crippen LogP contribution in [0.2, 0.25) is 0 Å². The van der Waals surface area contributed by atoms with Gasteiger partial charge in [-0.2, -0.15) is 5.48 Å². The van der Waals surface area contributed by atoms with Gasteiger partial charge in [0.15, 0.2) is 6.23 Å². The van der Waals surface area contributed by atoms with Crippen molar-refractivity contribution in [1.29, 1.82) is 0 Å². The summed E-state index contributed by atoms with van der Waals surface area (Å²) in [5.41, 5.74) is 7.26. The van der Waals surface area contributed by atoms with Crippen LogP contribution in [0.3, 0.4) is 0 Å². The molecule has 3 heterocycles. The summed E-state index contributed by atoms with van der Waals surface area (Å²) in [4.78, 5) is 8.71. The fraction of sp³-hybridized carbons (Fsp3) is 0.300. The average Bonchev–Trinajstić information content (AvgIpc) is 3.26. The molecule has 1 unspecified atom stereocenters. The van der Waals surface area contributed by atoms with Gasteiger partial charge in [0.1, 0.15) is 5.82 Å². The average molecular weight is 353 g/mol. The molecule has 2 atom stereocenters. The first kappa shape index (κ1) is 16.0. The number of hydrogen-bond donors (Lipinski definition) is 4. The zero-order chi connectivity index (χ0) is 17.7. The monoisotopic (exact) mass is 353 g/mol. The maximum atomic E-state index is 15.0. The van der Waals surface area contributed by atoms with E-state index in [0.717, 1.165) is 47.0 Å². The third-order valence-corrected chi connectivity index (χ3v) is 5.39. The molecule has 1 fully saturated rings. The Kier molecular flexibility index (Phi) is 3.79. The van der Waals surface area contributed by atoms with Gasteiger partial charge >= 0.3 is 0 Å². The van der Waals surface area contributed by atoms with Crippen LogP contribution in [0.25, 0.3) is 22.2 Å². The lowest BCUT2D eigenvalue weighted by atomic mass is 9.98. The second kappa shape index (κ2) is 6.17. The first-order chi connectivity index (χ1) is 12.7. The summed E-state index contributed by atoms with van der Waals surface area (Å²) in [6.45, 7) is 1.23. The maximum absolute atomic E-state index is 15.0. The third kappa shape index (κ3) is 2.46. The van der Waals surface area contributed by atoms with Crippen molar-refractivity contribution in [3.05, 3.63) is 58.9 Å². The Bertz CT molecular complexity index is 979. The molecule has 26 heavy (non-hydrogen) atoms. The molecular formula is C20H20FN3O2. The highest BCUT2D eigenvalue weighted by Gasteiger charge is 2.25. The molecule has 4 N–H and O–H groups in total. The Balaban J connectivity index is 1.65. The summed E-state index contributed by atoms with van der Waals surface area (Å²) >= 11 is 0. The van der Waals surface area contributed by atoms with E-state index in [9.17, 15) is 9.50 Å². The molecule has 0 bridgehead atoms. The molecule has 2 aliphatic heterocycles. The minimum absolute atomic E-state index is 0.233. The lowest BCUT2D eigenvalue weighted by Gasteiger charge is -2.13. The van der Waals surface area contributed by atoms with Gasteiger partial charge in [-0.05, 0) is 43.1 Å². The van der Waals surface area contributed by atoms with Crippen molar-refractivity contribution in [1.82, 2.24) is 15.8 Å². The largest absolute Gasteiger partial charge is 0.372 e. The number of hydroxylamine groups is 1. The molecule has 2 aromatic carbocycles.